The van der Waals surface area contributed by atoms with E-state index >= 15 is 0 Å². The van der Waals surface area contributed by atoms with Gasteiger partial charge in [-0.15, -0.1) is 0 Å². The van der Waals surface area contributed by atoms with Crippen LogP contribution in [0.1, 0.15) is 41.0 Å². The summed E-state index contributed by atoms with van der Waals surface area (Å²) in [5.41, 5.74) is 1.72. The number of aliphatic hydroxyl groups is 1. The third kappa shape index (κ3) is 5.14. The van der Waals surface area contributed by atoms with Crippen LogP contribution in [0.25, 0.3) is 0 Å². The van der Waals surface area contributed by atoms with Crippen LogP contribution in [0, 0.1) is 29.6 Å². The van der Waals surface area contributed by atoms with E-state index in [-0.39, 0.29) is 36.2 Å². The summed E-state index contributed by atoms with van der Waals surface area (Å²) < 4.78 is 0. The number of aliphatic hydroxyl groups excluding tert-OH is 1. The molecule has 3 rings (SSSR count). The van der Waals surface area contributed by atoms with E-state index in [4.69, 9.17) is 0 Å². The van der Waals surface area contributed by atoms with Gasteiger partial charge in [0.25, 0.3) is 0 Å². The van der Waals surface area contributed by atoms with Crippen LogP contribution in [0.3, 0.4) is 0 Å². The van der Waals surface area contributed by atoms with E-state index in [1.54, 1.807) is 11.9 Å². The number of anilines is 2. The van der Waals surface area contributed by atoms with Gasteiger partial charge in [0.15, 0.2) is 0 Å². The van der Waals surface area contributed by atoms with Gasteiger partial charge in [-0.1, -0.05) is 39.3 Å². The van der Waals surface area contributed by atoms with Crippen molar-refractivity contribution in [3.8, 4) is 0 Å². The summed E-state index contributed by atoms with van der Waals surface area (Å²) in [7, 11) is 1.57. The Bertz CT molecular complexity index is 959. The normalized spacial score (nSPS) is 26.8. The lowest BCUT2D eigenvalue weighted by Gasteiger charge is -2.36. The minimum atomic E-state index is -0.813. The molecule has 198 valence electrons. The molecule has 7 atom stereocenters. The number of fused-ring (bicyclic) bond motifs is 1. The molecular weight excluding hydrogens is 456 g/mol. The number of amides is 3. The van der Waals surface area contributed by atoms with Crippen LogP contribution in [0.4, 0.5) is 11.4 Å². The van der Waals surface area contributed by atoms with Gasteiger partial charge >= 0.3 is 0 Å². The number of benzene rings is 1. The molecule has 1 aromatic rings. The van der Waals surface area contributed by atoms with Crippen molar-refractivity contribution in [2.45, 2.75) is 53.1 Å². The zero-order valence-electron chi connectivity index (χ0n) is 22.4. The van der Waals surface area contributed by atoms with Crippen LogP contribution in [-0.2, 0) is 14.4 Å². The lowest BCUT2D eigenvalue weighted by Crippen LogP contribution is -2.52. The van der Waals surface area contributed by atoms with Crippen LogP contribution >= 0.6 is 0 Å². The number of hydrogen-bond acceptors (Lipinski definition) is 5. The molecule has 0 unspecified atom stereocenters. The summed E-state index contributed by atoms with van der Waals surface area (Å²) in [5.74, 6) is -2.56. The first kappa shape index (κ1) is 27.7. The van der Waals surface area contributed by atoms with Crippen molar-refractivity contribution in [1.82, 2.24) is 10.2 Å². The Balaban J connectivity index is 1.98. The highest BCUT2D eigenvalue weighted by Gasteiger charge is 2.58. The van der Waals surface area contributed by atoms with Crippen LogP contribution in [-0.4, -0.2) is 66.6 Å². The molecule has 1 aliphatic heterocycles. The predicted molar refractivity (Wildman–Crippen MR) is 142 cm³/mol. The summed E-state index contributed by atoms with van der Waals surface area (Å²) in [6.45, 7) is 11.6. The molecule has 8 nitrogen and oxygen atoms in total. The number of carbonyl (C=O) groups excluding carboxylic acids is 3. The Kier molecular flexibility index (Phi) is 9.17. The summed E-state index contributed by atoms with van der Waals surface area (Å²) in [5, 5.41) is 16.0. The van der Waals surface area contributed by atoms with Crippen molar-refractivity contribution in [2.75, 3.05) is 37.0 Å². The van der Waals surface area contributed by atoms with Crippen molar-refractivity contribution in [3.05, 3.63) is 36.4 Å². The number of carbonyl (C=O) groups is 3. The number of nitrogens with one attached hydrogen (secondary N) is 2. The third-order valence-electron chi connectivity index (χ3n) is 8.14. The Labute approximate surface area is 215 Å². The molecule has 3 N–H and O–H groups in total. The molecule has 0 saturated carbocycles. The van der Waals surface area contributed by atoms with E-state index in [0.29, 0.717) is 5.69 Å². The minimum Gasteiger partial charge on any atom is -0.394 e. The fraction of sp³-hybridized carbons (Fsp3) is 0.607. The van der Waals surface area contributed by atoms with Gasteiger partial charge in [-0.25, -0.2) is 0 Å². The summed E-state index contributed by atoms with van der Waals surface area (Å²) in [6.07, 6.45) is 4.61. The summed E-state index contributed by atoms with van der Waals surface area (Å²) in [6, 6.07) is 6.36. The monoisotopic (exact) mass is 498 g/mol. The van der Waals surface area contributed by atoms with Gasteiger partial charge in [0.2, 0.25) is 17.7 Å². The Hall–Kier alpha value is -2.87. The molecule has 1 fully saturated rings. The molecule has 1 aromatic carbocycles. The standard InChI is InChI=1S/C28H42N4O4/c1-7-17(4)22(16-33)32-25(21-15-10-18(5)23(26(34)29-6)24(21)28(32)36)27(35)30-19-11-13-20(14-12-19)31(8-2)9-3/h10-15,17-18,21-25,33H,7-9,16H2,1-6H3,(H,29,34)(H,30,35)/t17-,18+,21-,22-,23+,24+,25-/m0/s1. The Morgan fingerprint density at radius 2 is 1.72 bits per heavy atom. The fourth-order valence-electron chi connectivity index (χ4n) is 5.84. The van der Waals surface area contributed by atoms with Crippen molar-refractivity contribution in [1.29, 1.82) is 0 Å². The van der Waals surface area contributed by atoms with Crippen molar-refractivity contribution >= 4 is 29.1 Å². The van der Waals surface area contributed by atoms with Crippen molar-refractivity contribution in [3.63, 3.8) is 0 Å². The van der Waals surface area contributed by atoms with Gasteiger partial charge in [0.1, 0.15) is 6.04 Å². The minimum absolute atomic E-state index is 0.0115. The van der Waals surface area contributed by atoms with E-state index in [1.807, 2.05) is 57.2 Å². The second-order valence-corrected chi connectivity index (χ2v) is 10.0. The van der Waals surface area contributed by atoms with Crippen molar-refractivity contribution < 1.29 is 19.5 Å². The van der Waals surface area contributed by atoms with Gasteiger partial charge in [0, 0.05) is 37.4 Å². The predicted octanol–water partition coefficient (Wildman–Crippen LogP) is 2.89. The second kappa shape index (κ2) is 11.9. The average Bonchev–Trinajstić information content (AvgIpc) is 3.17. The van der Waals surface area contributed by atoms with Gasteiger partial charge in [-0.2, -0.15) is 0 Å². The Morgan fingerprint density at radius 1 is 1.08 bits per heavy atom. The van der Waals surface area contributed by atoms with Gasteiger partial charge < -0.3 is 25.5 Å². The van der Waals surface area contributed by atoms with E-state index in [2.05, 4.69) is 29.4 Å². The number of hydrogen-bond donors (Lipinski definition) is 3. The topological polar surface area (TPSA) is 102 Å². The molecule has 36 heavy (non-hydrogen) atoms. The van der Waals surface area contributed by atoms with Crippen LogP contribution < -0.4 is 15.5 Å². The highest BCUT2D eigenvalue weighted by atomic mass is 16.3. The highest BCUT2D eigenvalue weighted by molar-refractivity contribution is 6.02. The molecule has 3 amide bonds. The average molecular weight is 499 g/mol. The maximum Gasteiger partial charge on any atom is 0.247 e. The molecule has 1 saturated heterocycles. The van der Waals surface area contributed by atoms with Crippen LogP contribution in [0.2, 0.25) is 0 Å². The molecule has 1 heterocycles. The molecule has 0 spiro atoms. The molecule has 0 radical (unpaired) electrons. The maximum absolute atomic E-state index is 13.9. The second-order valence-electron chi connectivity index (χ2n) is 10.0. The molecule has 0 bridgehead atoms. The first-order valence-corrected chi connectivity index (χ1v) is 13.2. The van der Waals surface area contributed by atoms with E-state index in [9.17, 15) is 19.5 Å². The highest BCUT2D eigenvalue weighted by Crippen LogP contribution is 2.45. The summed E-state index contributed by atoms with van der Waals surface area (Å²) >= 11 is 0. The first-order valence-electron chi connectivity index (χ1n) is 13.2. The first-order chi connectivity index (χ1) is 17.2. The molecular formula is C28H42N4O4. The van der Waals surface area contributed by atoms with Crippen LogP contribution in [0.5, 0.6) is 0 Å². The lowest BCUT2D eigenvalue weighted by atomic mass is 9.70. The van der Waals surface area contributed by atoms with E-state index in [0.717, 1.165) is 25.2 Å². The lowest BCUT2D eigenvalue weighted by molar-refractivity contribution is -0.143. The van der Waals surface area contributed by atoms with E-state index in [1.165, 1.54) is 0 Å². The number of likely N-dealkylation sites (tertiary alicyclic amines) is 1. The molecule has 8 heteroatoms. The summed E-state index contributed by atoms with van der Waals surface area (Å²) in [4.78, 5) is 44.3. The van der Waals surface area contributed by atoms with Gasteiger partial charge in [-0.05, 0) is 49.9 Å². The van der Waals surface area contributed by atoms with E-state index < -0.39 is 29.8 Å². The van der Waals surface area contributed by atoms with Crippen molar-refractivity contribution in [2.24, 2.45) is 29.6 Å². The Morgan fingerprint density at radius 3 is 2.25 bits per heavy atom. The fourth-order valence-corrected chi connectivity index (χ4v) is 5.84. The van der Waals surface area contributed by atoms with Crippen LogP contribution in [0.15, 0.2) is 36.4 Å². The molecule has 2 aliphatic rings. The van der Waals surface area contributed by atoms with Gasteiger partial charge in [-0.3, -0.25) is 14.4 Å². The third-order valence-corrected chi connectivity index (χ3v) is 8.14. The SMILES string of the molecule is CC[C@H](C)[C@H](CO)N1C(=O)[C@@H]2[C@H](C=C[C@@H](C)[C@H]2C(=O)NC)[C@H]1C(=O)Nc1ccc(N(CC)CC)cc1. The number of nitrogens with zero attached hydrogens (tertiary/aromatic N) is 2. The smallest absolute Gasteiger partial charge is 0.247 e. The molecule has 1 aliphatic carbocycles. The maximum atomic E-state index is 13.9. The quantitative estimate of drug-likeness (QED) is 0.431. The zero-order chi connectivity index (χ0) is 26.6. The van der Waals surface area contributed by atoms with Gasteiger partial charge in [0.05, 0.1) is 24.5 Å². The zero-order valence-corrected chi connectivity index (χ0v) is 22.4. The number of rotatable bonds is 10. The largest absolute Gasteiger partial charge is 0.394 e. The molecule has 0 aromatic heterocycles. The number of allylic oxidation sites excluding steroid dienone is 1.